The number of aliphatic carboxylic acids is 1. The SMILES string of the molecule is CSCCC(N)C(=O)NC(Cc1ccc(Oc2ccc(Cc3sc(=O)[nH]c3O)cc2)cc1)C(=O)O. The number of carboxylic acid groups (broad SMARTS) is 1. The molecule has 11 heteroatoms. The first-order valence-electron chi connectivity index (χ1n) is 10.8. The lowest BCUT2D eigenvalue weighted by molar-refractivity contribution is -0.142. The molecule has 0 fully saturated rings. The van der Waals surface area contributed by atoms with E-state index in [0.29, 0.717) is 29.2 Å². The van der Waals surface area contributed by atoms with Gasteiger partial charge in [-0.05, 0) is 53.8 Å². The van der Waals surface area contributed by atoms with Gasteiger partial charge in [-0.25, -0.2) is 4.79 Å². The van der Waals surface area contributed by atoms with Crippen molar-refractivity contribution >= 4 is 35.0 Å². The van der Waals surface area contributed by atoms with Gasteiger partial charge in [-0.3, -0.25) is 14.6 Å². The topological polar surface area (TPSA) is 155 Å². The number of amides is 1. The smallest absolute Gasteiger partial charge is 0.326 e. The molecule has 35 heavy (non-hydrogen) atoms. The van der Waals surface area contributed by atoms with Crippen LogP contribution < -0.4 is 20.7 Å². The highest BCUT2D eigenvalue weighted by molar-refractivity contribution is 7.98. The molecule has 0 radical (unpaired) electrons. The molecule has 0 aliphatic carbocycles. The summed E-state index contributed by atoms with van der Waals surface area (Å²) in [5.74, 6) is 0.173. The molecule has 3 aromatic rings. The number of rotatable bonds is 12. The van der Waals surface area contributed by atoms with Gasteiger partial charge in [0.15, 0.2) is 0 Å². The maximum atomic E-state index is 12.2. The predicted molar refractivity (Wildman–Crippen MR) is 137 cm³/mol. The molecule has 0 saturated carbocycles. The molecule has 9 nitrogen and oxygen atoms in total. The molecule has 2 atom stereocenters. The van der Waals surface area contributed by atoms with E-state index in [4.69, 9.17) is 10.5 Å². The number of aromatic hydroxyl groups is 1. The minimum Gasteiger partial charge on any atom is -0.494 e. The molecular weight excluding hydrogens is 490 g/mol. The Morgan fingerprint density at radius 3 is 2.23 bits per heavy atom. The Kier molecular flexibility index (Phi) is 9.35. The van der Waals surface area contributed by atoms with Gasteiger partial charge in [0.25, 0.3) is 0 Å². The first-order valence-corrected chi connectivity index (χ1v) is 13.0. The van der Waals surface area contributed by atoms with Crippen molar-refractivity contribution < 1.29 is 24.5 Å². The first kappa shape index (κ1) is 26.3. The summed E-state index contributed by atoms with van der Waals surface area (Å²) >= 11 is 2.54. The molecule has 1 aromatic heterocycles. The molecule has 0 spiro atoms. The summed E-state index contributed by atoms with van der Waals surface area (Å²) < 4.78 is 5.84. The molecule has 1 amide bonds. The standard InChI is InChI=1S/C24H27N3O6S2/c1-34-11-10-18(25)21(28)26-19(23(30)31)12-14-2-6-16(7-3-14)33-17-8-4-15(5-9-17)13-20-22(29)27-24(32)35-20/h2-9,18-19,29H,10-13,25H2,1H3,(H,26,28)(H,27,32)(H,30,31). The number of thiazole rings is 1. The Morgan fingerprint density at radius 1 is 1.11 bits per heavy atom. The van der Waals surface area contributed by atoms with E-state index in [1.807, 2.05) is 18.4 Å². The highest BCUT2D eigenvalue weighted by atomic mass is 32.2. The summed E-state index contributed by atoms with van der Waals surface area (Å²) in [6.07, 6.45) is 2.93. The van der Waals surface area contributed by atoms with Crippen molar-refractivity contribution in [3.05, 3.63) is 74.2 Å². The fourth-order valence-corrected chi connectivity index (χ4v) is 4.50. The van der Waals surface area contributed by atoms with E-state index in [9.17, 15) is 24.6 Å². The van der Waals surface area contributed by atoms with Gasteiger partial charge in [-0.2, -0.15) is 11.8 Å². The monoisotopic (exact) mass is 517 g/mol. The zero-order valence-electron chi connectivity index (χ0n) is 19.0. The largest absolute Gasteiger partial charge is 0.494 e. The van der Waals surface area contributed by atoms with E-state index in [1.165, 1.54) is 0 Å². The molecule has 0 aliphatic heterocycles. The number of carboxylic acids is 1. The number of ether oxygens (including phenoxy) is 1. The number of carbonyl (C=O) groups is 2. The summed E-state index contributed by atoms with van der Waals surface area (Å²) in [6, 6.07) is 12.4. The molecular formula is C24H27N3O6S2. The number of thioether (sulfide) groups is 1. The van der Waals surface area contributed by atoms with Crippen molar-refractivity contribution in [2.45, 2.75) is 31.3 Å². The second kappa shape index (κ2) is 12.4. The number of hydrogen-bond acceptors (Lipinski definition) is 8. The third-order valence-electron chi connectivity index (χ3n) is 5.17. The molecule has 3 rings (SSSR count). The second-order valence-electron chi connectivity index (χ2n) is 7.84. The highest BCUT2D eigenvalue weighted by Gasteiger charge is 2.23. The van der Waals surface area contributed by atoms with Gasteiger partial charge in [-0.15, -0.1) is 0 Å². The average Bonchev–Trinajstić information content (AvgIpc) is 3.15. The Morgan fingerprint density at radius 2 is 1.71 bits per heavy atom. The van der Waals surface area contributed by atoms with Crippen LogP contribution in [-0.4, -0.2) is 51.2 Å². The number of aromatic amines is 1. The van der Waals surface area contributed by atoms with Gasteiger partial charge in [0.05, 0.1) is 10.9 Å². The van der Waals surface area contributed by atoms with Crippen LogP contribution in [0.1, 0.15) is 22.4 Å². The molecule has 1 heterocycles. The molecule has 2 aromatic carbocycles. The van der Waals surface area contributed by atoms with Crippen LogP contribution in [0.5, 0.6) is 17.4 Å². The quantitative estimate of drug-likeness (QED) is 0.246. The lowest BCUT2D eigenvalue weighted by Crippen LogP contribution is -2.49. The maximum absolute atomic E-state index is 12.2. The number of H-pyrrole nitrogens is 1. The average molecular weight is 518 g/mol. The molecule has 0 bridgehead atoms. The lowest BCUT2D eigenvalue weighted by Gasteiger charge is -2.18. The van der Waals surface area contributed by atoms with Crippen molar-refractivity contribution in [2.24, 2.45) is 5.73 Å². The van der Waals surface area contributed by atoms with E-state index < -0.39 is 24.0 Å². The number of benzene rings is 2. The maximum Gasteiger partial charge on any atom is 0.326 e. The van der Waals surface area contributed by atoms with Crippen LogP contribution in [0.3, 0.4) is 0 Å². The Balaban J connectivity index is 1.56. The second-order valence-corrected chi connectivity index (χ2v) is 9.90. The fourth-order valence-electron chi connectivity index (χ4n) is 3.25. The summed E-state index contributed by atoms with van der Waals surface area (Å²) in [4.78, 5) is 37.8. The van der Waals surface area contributed by atoms with E-state index in [0.717, 1.165) is 28.2 Å². The van der Waals surface area contributed by atoms with Crippen molar-refractivity contribution in [1.82, 2.24) is 10.3 Å². The number of carbonyl (C=O) groups excluding carboxylic acids is 1. The molecule has 6 N–H and O–H groups in total. The van der Waals surface area contributed by atoms with E-state index >= 15 is 0 Å². The van der Waals surface area contributed by atoms with Gasteiger partial charge in [0.1, 0.15) is 17.5 Å². The minimum atomic E-state index is -1.13. The number of nitrogens with one attached hydrogen (secondary N) is 2. The van der Waals surface area contributed by atoms with Crippen LogP contribution in [0.25, 0.3) is 0 Å². The third kappa shape index (κ3) is 7.88. The van der Waals surface area contributed by atoms with Crippen LogP contribution in [0.15, 0.2) is 53.3 Å². The minimum absolute atomic E-state index is 0.108. The Labute approximate surface area is 210 Å². The summed E-state index contributed by atoms with van der Waals surface area (Å²) in [6.45, 7) is 0. The summed E-state index contributed by atoms with van der Waals surface area (Å²) in [7, 11) is 0. The zero-order valence-corrected chi connectivity index (χ0v) is 20.7. The molecule has 2 unspecified atom stereocenters. The van der Waals surface area contributed by atoms with Crippen LogP contribution in [0.2, 0.25) is 0 Å². The number of nitrogens with two attached hydrogens (primary N) is 1. The summed E-state index contributed by atoms with van der Waals surface area (Å²) in [5, 5.41) is 21.7. The molecule has 0 saturated heterocycles. The van der Waals surface area contributed by atoms with Crippen LogP contribution in [-0.2, 0) is 22.4 Å². The van der Waals surface area contributed by atoms with Crippen molar-refractivity contribution in [2.75, 3.05) is 12.0 Å². The van der Waals surface area contributed by atoms with Gasteiger partial charge in [-0.1, -0.05) is 35.6 Å². The van der Waals surface area contributed by atoms with Gasteiger partial charge >= 0.3 is 10.8 Å². The van der Waals surface area contributed by atoms with E-state index in [2.05, 4.69) is 10.3 Å². The number of aromatic nitrogens is 1. The van der Waals surface area contributed by atoms with Crippen molar-refractivity contribution in [1.29, 1.82) is 0 Å². The lowest BCUT2D eigenvalue weighted by atomic mass is 10.1. The van der Waals surface area contributed by atoms with Crippen molar-refractivity contribution in [3.8, 4) is 17.4 Å². The van der Waals surface area contributed by atoms with Gasteiger partial charge in [0, 0.05) is 12.8 Å². The van der Waals surface area contributed by atoms with Gasteiger partial charge in [0.2, 0.25) is 11.8 Å². The highest BCUT2D eigenvalue weighted by Crippen LogP contribution is 2.25. The predicted octanol–water partition coefficient (Wildman–Crippen LogP) is 2.72. The van der Waals surface area contributed by atoms with Crippen LogP contribution in [0, 0.1) is 0 Å². The van der Waals surface area contributed by atoms with E-state index in [-0.39, 0.29) is 17.2 Å². The van der Waals surface area contributed by atoms with E-state index in [1.54, 1.807) is 48.2 Å². The first-order chi connectivity index (χ1) is 16.7. The normalized spacial score (nSPS) is 12.6. The van der Waals surface area contributed by atoms with Gasteiger partial charge < -0.3 is 26.0 Å². The fraction of sp³-hybridized carbons (Fsp3) is 0.292. The Bertz CT molecular complexity index is 1190. The van der Waals surface area contributed by atoms with Crippen LogP contribution >= 0.6 is 23.1 Å². The molecule has 186 valence electrons. The third-order valence-corrected chi connectivity index (χ3v) is 6.69. The zero-order chi connectivity index (χ0) is 25.4. The molecule has 0 aliphatic rings. The number of hydrogen-bond donors (Lipinski definition) is 5. The summed E-state index contributed by atoms with van der Waals surface area (Å²) in [5.41, 5.74) is 7.47. The van der Waals surface area contributed by atoms with Crippen molar-refractivity contribution in [3.63, 3.8) is 0 Å². The van der Waals surface area contributed by atoms with Crippen LogP contribution in [0.4, 0.5) is 0 Å². The Hall–Kier alpha value is -3.28.